The largest absolute Gasteiger partial charge is 0.496 e. The predicted octanol–water partition coefficient (Wildman–Crippen LogP) is 7.01. The Morgan fingerprint density at radius 3 is 2.29 bits per heavy atom. The van der Waals surface area contributed by atoms with Crippen LogP contribution in [0.1, 0.15) is 0 Å². The number of methoxy groups -OCH3 is 1. The number of fused-ring (bicyclic) bond motifs is 1. The SMILES string of the molecule is COc1cc2nc(Nc3c(Cl)cccc3Cl)ncc2cc1-c1ccccc1Cl. The van der Waals surface area contributed by atoms with Crippen molar-refractivity contribution in [2.75, 3.05) is 12.4 Å². The number of halogens is 3. The number of para-hydroxylation sites is 1. The van der Waals surface area contributed by atoms with Crippen molar-refractivity contribution >= 4 is 57.3 Å². The highest BCUT2D eigenvalue weighted by molar-refractivity contribution is 6.39. The molecule has 140 valence electrons. The van der Waals surface area contributed by atoms with Gasteiger partial charge in [0.25, 0.3) is 0 Å². The van der Waals surface area contributed by atoms with Gasteiger partial charge in [0.1, 0.15) is 5.75 Å². The molecule has 0 aliphatic carbocycles. The molecule has 0 atom stereocenters. The van der Waals surface area contributed by atoms with E-state index in [1.54, 1.807) is 31.5 Å². The van der Waals surface area contributed by atoms with Crippen LogP contribution in [0, 0.1) is 0 Å². The molecule has 1 heterocycles. The summed E-state index contributed by atoms with van der Waals surface area (Å²) in [5.41, 5.74) is 3.03. The third-order valence-corrected chi connectivity index (χ3v) is 5.22. The van der Waals surface area contributed by atoms with Gasteiger partial charge in [0.05, 0.1) is 28.4 Å². The molecule has 0 unspecified atom stereocenters. The Morgan fingerprint density at radius 2 is 1.57 bits per heavy atom. The van der Waals surface area contributed by atoms with Gasteiger partial charge in [-0.2, -0.15) is 0 Å². The van der Waals surface area contributed by atoms with Gasteiger partial charge in [-0.1, -0.05) is 59.1 Å². The average molecular weight is 431 g/mol. The number of nitrogens with zero attached hydrogens (tertiary/aromatic N) is 2. The van der Waals surface area contributed by atoms with E-state index in [0.29, 0.717) is 38.0 Å². The van der Waals surface area contributed by atoms with Crippen LogP contribution in [0.3, 0.4) is 0 Å². The van der Waals surface area contributed by atoms with Gasteiger partial charge in [-0.05, 0) is 24.3 Å². The highest BCUT2D eigenvalue weighted by Gasteiger charge is 2.13. The van der Waals surface area contributed by atoms with Gasteiger partial charge in [0.15, 0.2) is 0 Å². The zero-order chi connectivity index (χ0) is 19.7. The Bertz CT molecular complexity index is 1160. The lowest BCUT2D eigenvalue weighted by atomic mass is 10.0. The summed E-state index contributed by atoms with van der Waals surface area (Å²) < 4.78 is 5.58. The van der Waals surface area contributed by atoms with E-state index in [2.05, 4.69) is 15.3 Å². The number of rotatable bonds is 4. The van der Waals surface area contributed by atoms with E-state index in [-0.39, 0.29) is 0 Å². The zero-order valence-corrected chi connectivity index (χ0v) is 17.0. The van der Waals surface area contributed by atoms with Crippen LogP contribution < -0.4 is 10.1 Å². The predicted molar refractivity (Wildman–Crippen MR) is 116 cm³/mol. The van der Waals surface area contributed by atoms with Gasteiger partial charge >= 0.3 is 0 Å². The monoisotopic (exact) mass is 429 g/mol. The number of hydrogen-bond donors (Lipinski definition) is 1. The van der Waals surface area contributed by atoms with Crippen molar-refractivity contribution in [3.05, 3.63) is 75.9 Å². The fourth-order valence-corrected chi connectivity index (χ4v) is 3.64. The van der Waals surface area contributed by atoms with Crippen molar-refractivity contribution < 1.29 is 4.74 Å². The first kappa shape index (κ1) is 18.8. The standard InChI is InChI=1S/C21H14Cl3N3O/c1-28-19-10-18-12(9-14(19)13-5-2-3-6-15(13)22)11-25-21(26-18)27-20-16(23)7-4-8-17(20)24/h2-11H,1H3,(H,25,26,27). The molecule has 0 saturated heterocycles. The van der Waals surface area contributed by atoms with Crippen molar-refractivity contribution in [3.63, 3.8) is 0 Å². The quantitative estimate of drug-likeness (QED) is 0.378. The van der Waals surface area contributed by atoms with Crippen LogP contribution in [0.5, 0.6) is 5.75 Å². The normalized spacial score (nSPS) is 10.9. The summed E-state index contributed by atoms with van der Waals surface area (Å²) in [6.45, 7) is 0. The maximum atomic E-state index is 6.36. The number of ether oxygens (including phenoxy) is 1. The number of hydrogen-bond acceptors (Lipinski definition) is 4. The topological polar surface area (TPSA) is 47.0 Å². The van der Waals surface area contributed by atoms with Crippen molar-refractivity contribution in [1.82, 2.24) is 9.97 Å². The third kappa shape index (κ3) is 3.59. The second kappa shape index (κ2) is 7.84. The maximum Gasteiger partial charge on any atom is 0.227 e. The number of anilines is 2. The molecular formula is C21H14Cl3N3O. The fourth-order valence-electron chi connectivity index (χ4n) is 2.91. The first-order valence-corrected chi connectivity index (χ1v) is 9.51. The van der Waals surface area contributed by atoms with E-state index in [1.807, 2.05) is 36.4 Å². The molecule has 28 heavy (non-hydrogen) atoms. The Morgan fingerprint density at radius 1 is 0.857 bits per heavy atom. The maximum absolute atomic E-state index is 6.36. The Balaban J connectivity index is 1.79. The van der Waals surface area contributed by atoms with Gasteiger partial charge in [-0.25, -0.2) is 9.97 Å². The van der Waals surface area contributed by atoms with Crippen molar-refractivity contribution in [2.24, 2.45) is 0 Å². The summed E-state index contributed by atoms with van der Waals surface area (Å²) in [5.74, 6) is 1.05. The van der Waals surface area contributed by atoms with Gasteiger partial charge in [-0.3, -0.25) is 0 Å². The Labute approximate surface area is 177 Å². The minimum atomic E-state index is 0.384. The zero-order valence-electron chi connectivity index (χ0n) is 14.7. The first-order chi connectivity index (χ1) is 13.6. The molecule has 1 aromatic heterocycles. The second-order valence-corrected chi connectivity index (χ2v) is 7.23. The molecule has 0 aliphatic rings. The van der Waals surface area contributed by atoms with E-state index in [9.17, 15) is 0 Å². The Kier molecular flexibility index (Phi) is 5.27. The van der Waals surface area contributed by atoms with Crippen LogP contribution in [0.15, 0.2) is 60.8 Å². The number of nitrogens with one attached hydrogen (secondary N) is 1. The Hall–Kier alpha value is -2.53. The van der Waals surface area contributed by atoms with Crippen LogP contribution in [0.25, 0.3) is 22.0 Å². The fraction of sp³-hybridized carbons (Fsp3) is 0.0476. The summed E-state index contributed by atoms with van der Waals surface area (Å²) in [5, 5.41) is 5.55. The summed E-state index contributed by atoms with van der Waals surface area (Å²) in [6, 6.07) is 16.7. The first-order valence-electron chi connectivity index (χ1n) is 8.37. The van der Waals surface area contributed by atoms with Gasteiger partial charge in [-0.15, -0.1) is 0 Å². The number of benzene rings is 3. The van der Waals surface area contributed by atoms with Crippen LogP contribution >= 0.6 is 34.8 Å². The van der Waals surface area contributed by atoms with E-state index < -0.39 is 0 Å². The molecule has 4 aromatic rings. The van der Waals surface area contributed by atoms with E-state index in [0.717, 1.165) is 16.5 Å². The summed E-state index contributed by atoms with van der Waals surface area (Å²) in [4.78, 5) is 8.95. The summed E-state index contributed by atoms with van der Waals surface area (Å²) in [7, 11) is 1.62. The van der Waals surface area contributed by atoms with E-state index in [1.165, 1.54) is 0 Å². The molecule has 4 rings (SSSR count). The third-order valence-electron chi connectivity index (χ3n) is 4.26. The minimum absolute atomic E-state index is 0.384. The van der Waals surface area contributed by atoms with Crippen LogP contribution in [0.4, 0.5) is 11.6 Å². The minimum Gasteiger partial charge on any atom is -0.496 e. The van der Waals surface area contributed by atoms with Crippen LogP contribution in [-0.2, 0) is 0 Å². The molecule has 4 nitrogen and oxygen atoms in total. The highest BCUT2D eigenvalue weighted by Crippen LogP contribution is 2.38. The van der Waals surface area contributed by atoms with Crippen LogP contribution in [-0.4, -0.2) is 17.1 Å². The molecule has 7 heteroatoms. The molecule has 0 amide bonds. The summed E-state index contributed by atoms with van der Waals surface area (Å²) in [6.07, 6.45) is 1.73. The average Bonchev–Trinajstić information content (AvgIpc) is 2.70. The van der Waals surface area contributed by atoms with Gasteiger partial charge in [0.2, 0.25) is 5.95 Å². The van der Waals surface area contributed by atoms with Crippen molar-refractivity contribution in [2.45, 2.75) is 0 Å². The lowest BCUT2D eigenvalue weighted by Gasteiger charge is -2.13. The number of aromatic nitrogens is 2. The van der Waals surface area contributed by atoms with E-state index >= 15 is 0 Å². The summed E-state index contributed by atoms with van der Waals surface area (Å²) >= 11 is 18.8. The molecule has 0 aliphatic heterocycles. The molecular weight excluding hydrogens is 417 g/mol. The second-order valence-electron chi connectivity index (χ2n) is 6.01. The van der Waals surface area contributed by atoms with Crippen molar-refractivity contribution in [1.29, 1.82) is 0 Å². The molecule has 0 bridgehead atoms. The van der Waals surface area contributed by atoms with E-state index in [4.69, 9.17) is 39.5 Å². The van der Waals surface area contributed by atoms with Gasteiger partial charge in [0, 0.05) is 33.8 Å². The van der Waals surface area contributed by atoms with Crippen molar-refractivity contribution in [3.8, 4) is 16.9 Å². The molecule has 1 N–H and O–H groups in total. The van der Waals surface area contributed by atoms with Crippen LogP contribution in [0.2, 0.25) is 15.1 Å². The molecule has 0 spiro atoms. The molecule has 0 saturated carbocycles. The lowest BCUT2D eigenvalue weighted by Crippen LogP contribution is -1.99. The lowest BCUT2D eigenvalue weighted by molar-refractivity contribution is 0.417. The van der Waals surface area contributed by atoms with Gasteiger partial charge < -0.3 is 10.1 Å². The smallest absolute Gasteiger partial charge is 0.227 e. The molecule has 0 radical (unpaired) electrons. The molecule has 3 aromatic carbocycles. The molecule has 0 fully saturated rings. The highest BCUT2D eigenvalue weighted by atomic mass is 35.5.